The summed E-state index contributed by atoms with van der Waals surface area (Å²) in [6.45, 7) is 1.91. The Bertz CT molecular complexity index is 460. The summed E-state index contributed by atoms with van der Waals surface area (Å²) in [5.41, 5.74) is 3.37. The minimum Gasteiger partial charge on any atom is -0.508 e. The highest BCUT2D eigenvalue weighted by Gasteiger charge is 1.99. The van der Waals surface area contributed by atoms with Gasteiger partial charge in [0.15, 0.2) is 0 Å². The first kappa shape index (κ1) is 10.7. The largest absolute Gasteiger partial charge is 0.508 e. The zero-order valence-corrected chi connectivity index (χ0v) is 9.35. The Labute approximate surface area is 96.4 Å². The van der Waals surface area contributed by atoms with Crippen LogP contribution >= 0.6 is 0 Å². The van der Waals surface area contributed by atoms with Crippen molar-refractivity contribution in [1.82, 2.24) is 0 Å². The van der Waals surface area contributed by atoms with Crippen molar-refractivity contribution in [3.8, 4) is 5.75 Å². The fraction of sp³-hybridized carbons (Fsp3) is 0.133. The fourth-order valence-corrected chi connectivity index (χ4v) is 1.66. The van der Waals surface area contributed by atoms with Crippen LogP contribution in [-0.4, -0.2) is 5.11 Å². The SMILES string of the molecule is Cc1cc([CH]Cc2ccccc2)ccc1O. The van der Waals surface area contributed by atoms with E-state index in [2.05, 4.69) is 18.6 Å². The molecule has 0 unspecified atom stereocenters. The molecule has 2 aromatic carbocycles. The summed E-state index contributed by atoms with van der Waals surface area (Å²) in [7, 11) is 0. The average Bonchev–Trinajstić information content (AvgIpc) is 2.32. The zero-order valence-electron chi connectivity index (χ0n) is 9.35. The average molecular weight is 211 g/mol. The maximum Gasteiger partial charge on any atom is 0.118 e. The van der Waals surface area contributed by atoms with Gasteiger partial charge in [-0.3, -0.25) is 0 Å². The minimum absolute atomic E-state index is 0.358. The van der Waals surface area contributed by atoms with Gasteiger partial charge in [-0.1, -0.05) is 42.5 Å². The van der Waals surface area contributed by atoms with Gasteiger partial charge in [0.05, 0.1) is 0 Å². The molecule has 0 saturated heterocycles. The van der Waals surface area contributed by atoms with E-state index >= 15 is 0 Å². The molecule has 0 bridgehead atoms. The second-order valence-electron chi connectivity index (χ2n) is 3.94. The van der Waals surface area contributed by atoms with Crippen molar-refractivity contribution < 1.29 is 5.11 Å². The summed E-state index contributed by atoms with van der Waals surface area (Å²) in [5.74, 6) is 0.358. The quantitative estimate of drug-likeness (QED) is 0.823. The lowest BCUT2D eigenvalue weighted by Crippen LogP contribution is -1.89. The molecule has 2 rings (SSSR count). The fourth-order valence-electron chi connectivity index (χ4n) is 1.66. The summed E-state index contributed by atoms with van der Waals surface area (Å²) in [6.07, 6.45) is 3.09. The zero-order chi connectivity index (χ0) is 11.4. The van der Waals surface area contributed by atoms with Crippen LogP contribution in [-0.2, 0) is 6.42 Å². The Morgan fingerprint density at radius 3 is 2.50 bits per heavy atom. The highest BCUT2D eigenvalue weighted by atomic mass is 16.3. The van der Waals surface area contributed by atoms with Crippen LogP contribution in [0.2, 0.25) is 0 Å². The van der Waals surface area contributed by atoms with E-state index < -0.39 is 0 Å². The van der Waals surface area contributed by atoms with Gasteiger partial charge >= 0.3 is 0 Å². The van der Waals surface area contributed by atoms with E-state index in [-0.39, 0.29) is 0 Å². The first-order valence-electron chi connectivity index (χ1n) is 5.42. The van der Waals surface area contributed by atoms with Crippen molar-refractivity contribution in [1.29, 1.82) is 0 Å². The molecule has 0 saturated carbocycles. The van der Waals surface area contributed by atoms with Crippen molar-refractivity contribution in [2.75, 3.05) is 0 Å². The summed E-state index contributed by atoms with van der Waals surface area (Å²) >= 11 is 0. The van der Waals surface area contributed by atoms with Crippen molar-refractivity contribution >= 4 is 0 Å². The summed E-state index contributed by atoms with van der Waals surface area (Å²) in [4.78, 5) is 0. The molecule has 1 radical (unpaired) electrons. The second-order valence-corrected chi connectivity index (χ2v) is 3.94. The molecule has 0 aliphatic carbocycles. The Morgan fingerprint density at radius 2 is 1.81 bits per heavy atom. The molecule has 16 heavy (non-hydrogen) atoms. The van der Waals surface area contributed by atoms with Gasteiger partial charge in [0, 0.05) is 0 Å². The number of benzene rings is 2. The third kappa shape index (κ3) is 2.63. The Hall–Kier alpha value is -1.76. The van der Waals surface area contributed by atoms with Crippen LogP contribution in [0.15, 0.2) is 48.5 Å². The lowest BCUT2D eigenvalue weighted by molar-refractivity contribution is 0.471. The van der Waals surface area contributed by atoms with Gasteiger partial charge in [0.25, 0.3) is 0 Å². The Kier molecular flexibility index (Phi) is 3.25. The van der Waals surface area contributed by atoms with Crippen LogP contribution in [0.25, 0.3) is 0 Å². The monoisotopic (exact) mass is 211 g/mol. The van der Waals surface area contributed by atoms with Gasteiger partial charge < -0.3 is 5.11 Å². The minimum atomic E-state index is 0.358. The number of aromatic hydroxyl groups is 1. The van der Waals surface area contributed by atoms with Gasteiger partial charge in [0.2, 0.25) is 0 Å². The maximum absolute atomic E-state index is 9.42. The van der Waals surface area contributed by atoms with E-state index in [1.54, 1.807) is 6.07 Å². The van der Waals surface area contributed by atoms with E-state index in [1.807, 2.05) is 37.3 Å². The summed E-state index contributed by atoms with van der Waals surface area (Å²) in [6, 6.07) is 16.0. The Balaban J connectivity index is 2.03. The van der Waals surface area contributed by atoms with Crippen LogP contribution in [0.5, 0.6) is 5.75 Å². The summed E-state index contributed by atoms with van der Waals surface area (Å²) < 4.78 is 0. The van der Waals surface area contributed by atoms with Crippen LogP contribution in [0, 0.1) is 13.3 Å². The lowest BCUT2D eigenvalue weighted by atomic mass is 10.0. The predicted molar refractivity (Wildman–Crippen MR) is 66.4 cm³/mol. The van der Waals surface area contributed by atoms with Crippen LogP contribution in [0.4, 0.5) is 0 Å². The molecule has 1 N–H and O–H groups in total. The van der Waals surface area contributed by atoms with Crippen molar-refractivity contribution in [2.45, 2.75) is 13.3 Å². The number of phenolic OH excluding ortho intramolecular Hbond substituents is 1. The number of aryl methyl sites for hydroxylation is 1. The van der Waals surface area contributed by atoms with Gasteiger partial charge in [-0.2, -0.15) is 0 Å². The maximum atomic E-state index is 9.42. The first-order chi connectivity index (χ1) is 7.75. The van der Waals surface area contributed by atoms with Crippen molar-refractivity contribution in [3.05, 3.63) is 71.6 Å². The number of hydrogen-bond donors (Lipinski definition) is 1. The third-order valence-electron chi connectivity index (χ3n) is 2.64. The molecule has 1 heteroatoms. The molecule has 81 valence electrons. The first-order valence-corrected chi connectivity index (χ1v) is 5.42. The van der Waals surface area contributed by atoms with Gasteiger partial charge in [-0.05, 0) is 42.5 Å². The van der Waals surface area contributed by atoms with Crippen LogP contribution in [0.1, 0.15) is 16.7 Å². The Morgan fingerprint density at radius 1 is 1.06 bits per heavy atom. The second kappa shape index (κ2) is 4.84. The molecule has 0 amide bonds. The molecule has 0 aliphatic heterocycles. The van der Waals surface area contributed by atoms with Crippen molar-refractivity contribution in [2.24, 2.45) is 0 Å². The molecule has 0 aliphatic rings. The van der Waals surface area contributed by atoms with E-state index in [0.717, 1.165) is 17.5 Å². The van der Waals surface area contributed by atoms with E-state index in [1.165, 1.54) is 5.56 Å². The smallest absolute Gasteiger partial charge is 0.118 e. The van der Waals surface area contributed by atoms with Crippen LogP contribution in [0.3, 0.4) is 0 Å². The molecule has 0 fully saturated rings. The standard InChI is InChI=1S/C15H15O/c1-12-11-14(9-10-15(12)16)8-7-13-5-3-2-4-6-13/h2-6,8-11,16H,7H2,1H3. The molecule has 0 aromatic heterocycles. The molecular formula is C15H15O. The van der Waals surface area contributed by atoms with Crippen molar-refractivity contribution in [3.63, 3.8) is 0 Å². The number of rotatable bonds is 3. The molecule has 2 aromatic rings. The molecular weight excluding hydrogens is 196 g/mol. The lowest BCUT2D eigenvalue weighted by Gasteiger charge is -2.04. The number of phenols is 1. The normalized spacial score (nSPS) is 10.3. The van der Waals surface area contributed by atoms with Gasteiger partial charge in [0.1, 0.15) is 5.75 Å². The predicted octanol–water partition coefficient (Wildman–Crippen LogP) is 3.50. The topological polar surface area (TPSA) is 20.2 Å². The van der Waals surface area contributed by atoms with E-state index in [4.69, 9.17) is 0 Å². The highest BCUT2D eigenvalue weighted by Crippen LogP contribution is 2.18. The third-order valence-corrected chi connectivity index (χ3v) is 2.64. The van der Waals surface area contributed by atoms with Crippen LogP contribution < -0.4 is 0 Å². The summed E-state index contributed by atoms with van der Waals surface area (Å²) in [5, 5.41) is 9.42. The molecule has 0 spiro atoms. The van der Waals surface area contributed by atoms with Gasteiger partial charge in [-0.25, -0.2) is 0 Å². The van der Waals surface area contributed by atoms with Gasteiger partial charge in [-0.15, -0.1) is 0 Å². The number of hydrogen-bond acceptors (Lipinski definition) is 1. The molecule has 0 atom stereocenters. The molecule has 0 heterocycles. The van der Waals surface area contributed by atoms with E-state index in [9.17, 15) is 5.11 Å². The molecule has 1 nitrogen and oxygen atoms in total. The highest BCUT2D eigenvalue weighted by molar-refractivity contribution is 5.38. The van der Waals surface area contributed by atoms with E-state index in [0.29, 0.717) is 5.75 Å².